The number of hydrogen-bond acceptors (Lipinski definition) is 5. The number of hydrogen-bond donors (Lipinski definition) is 2. The molecule has 2 aromatic carbocycles. The van der Waals surface area contributed by atoms with Gasteiger partial charge in [-0.3, -0.25) is 9.59 Å². The number of rotatable bonds is 8. The molecule has 0 spiro atoms. The molecule has 0 aliphatic heterocycles. The van der Waals surface area contributed by atoms with Gasteiger partial charge in [-0.25, -0.2) is 4.79 Å². The summed E-state index contributed by atoms with van der Waals surface area (Å²) in [5, 5.41) is 5.38. The highest BCUT2D eigenvalue weighted by Crippen LogP contribution is 2.20. The van der Waals surface area contributed by atoms with Crippen LogP contribution in [0.3, 0.4) is 0 Å². The number of benzene rings is 2. The van der Waals surface area contributed by atoms with Crippen molar-refractivity contribution in [3.8, 4) is 5.75 Å². The lowest BCUT2D eigenvalue weighted by atomic mass is 10.2. The number of ether oxygens (including phenoxy) is 2. The standard InChI is InChI=1S/C20H18F2N2O5/c21-20(22)29-16-6-2-4-13(10-16)19(27)28-11-17(25)23-15-5-1-3-12(9-15)18(26)24-14-7-8-14/h1-6,9-10,14,20H,7-8,11H2,(H,23,25)(H,24,26). The Hall–Kier alpha value is -3.49. The molecule has 1 saturated carbocycles. The van der Waals surface area contributed by atoms with Crippen molar-refractivity contribution in [2.75, 3.05) is 11.9 Å². The molecule has 1 fully saturated rings. The van der Waals surface area contributed by atoms with E-state index < -0.39 is 25.1 Å². The lowest BCUT2D eigenvalue weighted by Gasteiger charge is -2.09. The average Bonchev–Trinajstić information content (AvgIpc) is 3.50. The van der Waals surface area contributed by atoms with Gasteiger partial charge < -0.3 is 20.1 Å². The van der Waals surface area contributed by atoms with Gasteiger partial charge in [-0.1, -0.05) is 12.1 Å². The minimum absolute atomic E-state index is 0.0327. The molecule has 0 unspecified atom stereocenters. The molecule has 0 atom stereocenters. The van der Waals surface area contributed by atoms with Crippen LogP contribution >= 0.6 is 0 Å². The summed E-state index contributed by atoms with van der Waals surface area (Å²) in [4.78, 5) is 36.1. The van der Waals surface area contributed by atoms with Crippen molar-refractivity contribution < 1.29 is 32.6 Å². The summed E-state index contributed by atoms with van der Waals surface area (Å²) in [5.41, 5.74) is 0.749. The molecule has 1 aliphatic rings. The summed E-state index contributed by atoms with van der Waals surface area (Å²) in [6.07, 6.45) is 1.93. The normalized spacial score (nSPS) is 12.9. The summed E-state index contributed by atoms with van der Waals surface area (Å²) < 4.78 is 33.6. The maximum absolute atomic E-state index is 12.2. The van der Waals surface area contributed by atoms with E-state index >= 15 is 0 Å². The minimum Gasteiger partial charge on any atom is -0.452 e. The highest BCUT2D eigenvalue weighted by atomic mass is 19.3. The van der Waals surface area contributed by atoms with Gasteiger partial charge in [0.05, 0.1) is 5.56 Å². The third-order valence-electron chi connectivity index (χ3n) is 3.95. The zero-order valence-corrected chi connectivity index (χ0v) is 15.2. The van der Waals surface area contributed by atoms with Crippen molar-refractivity contribution in [2.45, 2.75) is 25.5 Å². The summed E-state index contributed by atoms with van der Waals surface area (Å²) in [6.45, 7) is -3.61. The van der Waals surface area contributed by atoms with Gasteiger partial charge in [-0.2, -0.15) is 8.78 Å². The zero-order valence-electron chi connectivity index (χ0n) is 15.2. The van der Waals surface area contributed by atoms with Crippen LogP contribution in [0.1, 0.15) is 33.6 Å². The molecule has 3 rings (SSSR count). The van der Waals surface area contributed by atoms with Crippen LogP contribution in [0.2, 0.25) is 0 Å². The first kappa shape index (κ1) is 20.2. The Labute approximate surface area is 165 Å². The Kier molecular flexibility index (Phi) is 6.38. The predicted octanol–water partition coefficient (Wildman–Crippen LogP) is 2.98. The van der Waals surface area contributed by atoms with E-state index in [0.29, 0.717) is 11.3 Å². The second-order valence-electron chi connectivity index (χ2n) is 6.36. The van der Waals surface area contributed by atoms with Gasteiger partial charge in [0.25, 0.3) is 11.8 Å². The van der Waals surface area contributed by atoms with Gasteiger partial charge in [0.15, 0.2) is 6.61 Å². The topological polar surface area (TPSA) is 93.7 Å². The number of amides is 2. The van der Waals surface area contributed by atoms with E-state index in [9.17, 15) is 23.2 Å². The Morgan fingerprint density at radius 2 is 1.76 bits per heavy atom. The Balaban J connectivity index is 1.52. The monoisotopic (exact) mass is 404 g/mol. The molecular weight excluding hydrogens is 386 g/mol. The van der Waals surface area contributed by atoms with E-state index in [2.05, 4.69) is 15.4 Å². The number of carbonyl (C=O) groups is 3. The SMILES string of the molecule is O=C(COC(=O)c1cccc(OC(F)F)c1)Nc1cccc(C(=O)NC2CC2)c1. The molecule has 29 heavy (non-hydrogen) atoms. The van der Waals surface area contributed by atoms with E-state index in [1.165, 1.54) is 24.3 Å². The smallest absolute Gasteiger partial charge is 0.387 e. The molecule has 0 heterocycles. The predicted molar refractivity (Wildman–Crippen MR) is 98.9 cm³/mol. The molecule has 9 heteroatoms. The summed E-state index contributed by atoms with van der Waals surface area (Å²) in [5.74, 6) is -1.89. The zero-order chi connectivity index (χ0) is 20.8. The van der Waals surface area contributed by atoms with Crippen LogP contribution in [-0.2, 0) is 9.53 Å². The van der Waals surface area contributed by atoms with E-state index in [1.807, 2.05) is 0 Å². The molecule has 0 aromatic heterocycles. The van der Waals surface area contributed by atoms with Crippen LogP contribution in [0.4, 0.5) is 14.5 Å². The first-order valence-corrected chi connectivity index (χ1v) is 8.83. The summed E-state index contributed by atoms with van der Waals surface area (Å²) >= 11 is 0. The number of esters is 1. The van der Waals surface area contributed by atoms with E-state index in [0.717, 1.165) is 18.9 Å². The molecule has 152 valence electrons. The highest BCUT2D eigenvalue weighted by Gasteiger charge is 2.23. The molecule has 0 radical (unpaired) electrons. The second-order valence-corrected chi connectivity index (χ2v) is 6.36. The van der Waals surface area contributed by atoms with E-state index in [-0.39, 0.29) is 23.3 Å². The van der Waals surface area contributed by atoms with Gasteiger partial charge >= 0.3 is 12.6 Å². The Morgan fingerprint density at radius 1 is 1.03 bits per heavy atom. The molecule has 1 aliphatic carbocycles. The molecule has 0 bridgehead atoms. The van der Waals surface area contributed by atoms with Crippen LogP contribution in [0.15, 0.2) is 48.5 Å². The maximum Gasteiger partial charge on any atom is 0.387 e. The summed E-state index contributed by atoms with van der Waals surface area (Å²) in [7, 11) is 0. The summed E-state index contributed by atoms with van der Waals surface area (Å²) in [6, 6.07) is 11.6. The molecule has 2 N–H and O–H groups in total. The first-order chi connectivity index (χ1) is 13.9. The minimum atomic E-state index is -3.02. The van der Waals surface area contributed by atoms with Crippen LogP contribution in [-0.4, -0.2) is 37.0 Å². The van der Waals surface area contributed by atoms with Crippen LogP contribution in [0.25, 0.3) is 0 Å². The lowest BCUT2D eigenvalue weighted by molar-refractivity contribution is -0.119. The largest absolute Gasteiger partial charge is 0.452 e. The van der Waals surface area contributed by atoms with Crippen molar-refractivity contribution in [3.63, 3.8) is 0 Å². The molecule has 7 nitrogen and oxygen atoms in total. The second kappa shape index (κ2) is 9.13. The average molecular weight is 404 g/mol. The number of nitrogens with one attached hydrogen (secondary N) is 2. The third kappa shape index (κ3) is 6.27. The molecular formula is C20H18F2N2O5. The van der Waals surface area contributed by atoms with Gasteiger partial charge in [0.2, 0.25) is 0 Å². The fraction of sp³-hybridized carbons (Fsp3) is 0.250. The number of alkyl halides is 2. The van der Waals surface area contributed by atoms with Crippen molar-refractivity contribution in [1.29, 1.82) is 0 Å². The van der Waals surface area contributed by atoms with E-state index in [4.69, 9.17) is 4.74 Å². The van der Waals surface area contributed by atoms with Gasteiger partial charge in [0, 0.05) is 17.3 Å². The first-order valence-electron chi connectivity index (χ1n) is 8.83. The van der Waals surface area contributed by atoms with Crippen LogP contribution < -0.4 is 15.4 Å². The molecule has 2 amide bonds. The third-order valence-corrected chi connectivity index (χ3v) is 3.95. The Bertz CT molecular complexity index is 915. The van der Waals surface area contributed by atoms with Crippen molar-refractivity contribution in [1.82, 2.24) is 5.32 Å². The molecule has 2 aromatic rings. The fourth-order valence-corrected chi connectivity index (χ4v) is 2.45. The van der Waals surface area contributed by atoms with Crippen molar-refractivity contribution in [2.24, 2.45) is 0 Å². The van der Waals surface area contributed by atoms with E-state index in [1.54, 1.807) is 18.2 Å². The van der Waals surface area contributed by atoms with Crippen molar-refractivity contribution in [3.05, 3.63) is 59.7 Å². The lowest BCUT2D eigenvalue weighted by Crippen LogP contribution is -2.25. The van der Waals surface area contributed by atoms with Gasteiger partial charge in [-0.15, -0.1) is 0 Å². The van der Waals surface area contributed by atoms with Crippen LogP contribution in [0, 0.1) is 0 Å². The molecule has 0 saturated heterocycles. The maximum atomic E-state index is 12.2. The Morgan fingerprint density at radius 3 is 2.48 bits per heavy atom. The highest BCUT2D eigenvalue weighted by molar-refractivity contribution is 5.98. The van der Waals surface area contributed by atoms with Gasteiger partial charge in [-0.05, 0) is 49.2 Å². The quantitative estimate of drug-likeness (QED) is 0.660. The van der Waals surface area contributed by atoms with Crippen LogP contribution in [0.5, 0.6) is 5.75 Å². The number of carbonyl (C=O) groups excluding carboxylic acids is 3. The van der Waals surface area contributed by atoms with Gasteiger partial charge in [0.1, 0.15) is 5.75 Å². The van der Waals surface area contributed by atoms with Crippen molar-refractivity contribution >= 4 is 23.5 Å². The number of anilines is 1. The fourth-order valence-electron chi connectivity index (χ4n) is 2.45. The number of halogens is 2.